The number of nitrogens with one attached hydrogen (secondary N) is 1. The van der Waals surface area contributed by atoms with E-state index < -0.39 is 5.60 Å². The van der Waals surface area contributed by atoms with Crippen LogP contribution in [-0.4, -0.2) is 18.1 Å². The van der Waals surface area contributed by atoms with Crippen molar-refractivity contribution in [3.63, 3.8) is 0 Å². The summed E-state index contributed by atoms with van der Waals surface area (Å²) >= 11 is 0. The van der Waals surface area contributed by atoms with E-state index in [1.165, 1.54) is 24.3 Å². The quantitative estimate of drug-likeness (QED) is 0.876. The van der Waals surface area contributed by atoms with Crippen LogP contribution in [0, 0.1) is 11.7 Å². The molecule has 0 aromatic heterocycles. The van der Waals surface area contributed by atoms with Gasteiger partial charge in [0.1, 0.15) is 11.6 Å². The van der Waals surface area contributed by atoms with E-state index in [0.29, 0.717) is 18.2 Å². The van der Waals surface area contributed by atoms with Crippen LogP contribution < -0.4 is 10.1 Å². The Morgan fingerprint density at radius 1 is 1.33 bits per heavy atom. The largest absolute Gasteiger partial charge is 0.478 e. The summed E-state index contributed by atoms with van der Waals surface area (Å²) in [6.07, 6.45) is 0. The average Bonchev–Trinajstić information content (AvgIpc) is 2.28. The minimum atomic E-state index is -0.979. The zero-order valence-electron chi connectivity index (χ0n) is 11.3. The van der Waals surface area contributed by atoms with E-state index >= 15 is 0 Å². The van der Waals surface area contributed by atoms with Crippen LogP contribution in [0.4, 0.5) is 4.39 Å². The monoisotopic (exact) mass is 253 g/mol. The molecule has 0 unspecified atom stereocenters. The number of hydrogen-bond donors (Lipinski definition) is 1. The number of ether oxygens (including phenoxy) is 1. The molecule has 0 aliphatic heterocycles. The maximum absolute atomic E-state index is 12.8. The first-order chi connectivity index (χ1) is 8.31. The van der Waals surface area contributed by atoms with Gasteiger partial charge in [-0.1, -0.05) is 13.8 Å². The van der Waals surface area contributed by atoms with E-state index in [0.717, 1.165) is 0 Å². The molecule has 1 rings (SSSR count). The predicted molar refractivity (Wildman–Crippen MR) is 69.0 cm³/mol. The summed E-state index contributed by atoms with van der Waals surface area (Å²) in [4.78, 5) is 11.9. The van der Waals surface area contributed by atoms with E-state index in [2.05, 4.69) is 5.32 Å². The Kier molecular flexibility index (Phi) is 4.70. The molecule has 0 bridgehead atoms. The second-order valence-corrected chi connectivity index (χ2v) is 5.17. The number of halogens is 1. The summed E-state index contributed by atoms with van der Waals surface area (Å²) in [5.74, 6) is 0.349. The third-order valence-electron chi connectivity index (χ3n) is 2.40. The predicted octanol–water partition coefficient (Wildman–Crippen LogP) is 2.76. The average molecular weight is 253 g/mol. The molecular formula is C14H20FNO2. The van der Waals surface area contributed by atoms with Gasteiger partial charge in [-0.05, 0) is 44.0 Å². The van der Waals surface area contributed by atoms with Crippen molar-refractivity contribution >= 4 is 5.91 Å². The summed E-state index contributed by atoms with van der Waals surface area (Å²) in [6.45, 7) is 8.02. The van der Waals surface area contributed by atoms with Crippen LogP contribution in [-0.2, 0) is 4.79 Å². The molecule has 0 saturated heterocycles. The third kappa shape index (κ3) is 4.35. The minimum Gasteiger partial charge on any atom is -0.478 e. The summed E-state index contributed by atoms with van der Waals surface area (Å²) in [6, 6.07) is 5.62. The van der Waals surface area contributed by atoms with E-state index in [4.69, 9.17) is 4.74 Å². The highest BCUT2D eigenvalue weighted by Gasteiger charge is 2.29. The first-order valence-electron chi connectivity index (χ1n) is 6.04. The number of hydrogen-bond acceptors (Lipinski definition) is 2. The molecule has 0 radical (unpaired) electrons. The Balaban J connectivity index is 2.63. The van der Waals surface area contributed by atoms with Crippen molar-refractivity contribution in [3.05, 3.63) is 30.1 Å². The topological polar surface area (TPSA) is 38.3 Å². The van der Waals surface area contributed by atoms with Gasteiger partial charge in [0.25, 0.3) is 5.91 Å². The van der Waals surface area contributed by atoms with Crippen LogP contribution in [0.3, 0.4) is 0 Å². The molecule has 0 atom stereocenters. The smallest absolute Gasteiger partial charge is 0.263 e. The van der Waals surface area contributed by atoms with Crippen LogP contribution in [0.15, 0.2) is 24.3 Å². The van der Waals surface area contributed by atoms with Crippen molar-refractivity contribution in [2.24, 2.45) is 5.92 Å². The fourth-order valence-electron chi connectivity index (χ4n) is 1.35. The minimum absolute atomic E-state index is 0.180. The number of carbonyl (C=O) groups is 1. The highest BCUT2D eigenvalue weighted by atomic mass is 19.1. The van der Waals surface area contributed by atoms with Gasteiger partial charge in [0.05, 0.1) is 0 Å². The second-order valence-electron chi connectivity index (χ2n) is 5.17. The molecule has 100 valence electrons. The van der Waals surface area contributed by atoms with Crippen LogP contribution in [0.5, 0.6) is 5.75 Å². The number of carbonyl (C=O) groups excluding carboxylic acids is 1. The first kappa shape index (κ1) is 14.5. The lowest BCUT2D eigenvalue weighted by atomic mass is 10.1. The molecule has 0 saturated carbocycles. The van der Waals surface area contributed by atoms with Crippen LogP contribution >= 0.6 is 0 Å². The van der Waals surface area contributed by atoms with E-state index in [9.17, 15) is 9.18 Å². The summed E-state index contributed by atoms with van der Waals surface area (Å²) in [7, 11) is 0. The molecule has 1 N–H and O–H groups in total. The van der Waals surface area contributed by atoms with Crippen LogP contribution in [0.25, 0.3) is 0 Å². The number of amides is 1. The van der Waals surface area contributed by atoms with Crippen molar-refractivity contribution in [1.29, 1.82) is 0 Å². The molecule has 0 aliphatic rings. The summed E-state index contributed by atoms with van der Waals surface area (Å²) in [5, 5.41) is 2.82. The van der Waals surface area contributed by atoms with Gasteiger partial charge in [-0.25, -0.2) is 4.39 Å². The SMILES string of the molecule is CC(C)CNC(=O)C(C)(C)Oc1ccc(F)cc1. The molecule has 0 fully saturated rings. The maximum atomic E-state index is 12.8. The lowest BCUT2D eigenvalue weighted by molar-refractivity contribution is -0.134. The third-order valence-corrected chi connectivity index (χ3v) is 2.40. The molecule has 0 heterocycles. The molecule has 1 amide bonds. The van der Waals surface area contributed by atoms with Gasteiger partial charge in [-0.15, -0.1) is 0 Å². The second kappa shape index (κ2) is 5.85. The number of rotatable bonds is 5. The molecule has 1 aromatic rings. The Bertz CT molecular complexity index is 399. The fraction of sp³-hybridized carbons (Fsp3) is 0.500. The van der Waals surface area contributed by atoms with Crippen LogP contribution in [0.2, 0.25) is 0 Å². The lowest BCUT2D eigenvalue weighted by Crippen LogP contribution is -2.47. The van der Waals surface area contributed by atoms with Gasteiger partial charge in [0.15, 0.2) is 5.60 Å². The molecule has 0 spiro atoms. The standard InChI is InChI=1S/C14H20FNO2/c1-10(2)9-16-13(17)14(3,4)18-12-7-5-11(15)6-8-12/h5-8,10H,9H2,1-4H3,(H,16,17). The van der Waals surface area contributed by atoms with Crippen molar-refractivity contribution in [3.8, 4) is 5.75 Å². The van der Waals surface area contributed by atoms with E-state index in [-0.39, 0.29) is 11.7 Å². The van der Waals surface area contributed by atoms with E-state index in [1.807, 2.05) is 13.8 Å². The molecule has 1 aromatic carbocycles. The lowest BCUT2D eigenvalue weighted by Gasteiger charge is -2.25. The van der Waals surface area contributed by atoms with Crippen molar-refractivity contribution in [2.75, 3.05) is 6.54 Å². The summed E-state index contributed by atoms with van der Waals surface area (Å²) in [5.41, 5.74) is -0.979. The van der Waals surface area contributed by atoms with Gasteiger partial charge in [-0.3, -0.25) is 4.79 Å². The van der Waals surface area contributed by atoms with Gasteiger partial charge in [0, 0.05) is 6.54 Å². The van der Waals surface area contributed by atoms with E-state index in [1.54, 1.807) is 13.8 Å². The normalized spacial score (nSPS) is 11.4. The maximum Gasteiger partial charge on any atom is 0.263 e. The van der Waals surface area contributed by atoms with Crippen LogP contribution in [0.1, 0.15) is 27.7 Å². The van der Waals surface area contributed by atoms with Gasteiger partial charge in [0.2, 0.25) is 0 Å². The Morgan fingerprint density at radius 2 is 1.89 bits per heavy atom. The zero-order valence-corrected chi connectivity index (χ0v) is 11.3. The Morgan fingerprint density at radius 3 is 2.39 bits per heavy atom. The Labute approximate surface area is 107 Å². The summed E-state index contributed by atoms with van der Waals surface area (Å²) < 4.78 is 18.3. The fourth-order valence-corrected chi connectivity index (χ4v) is 1.35. The highest BCUT2D eigenvalue weighted by Crippen LogP contribution is 2.18. The molecule has 4 heteroatoms. The molecule has 18 heavy (non-hydrogen) atoms. The first-order valence-corrected chi connectivity index (χ1v) is 6.04. The van der Waals surface area contributed by atoms with Gasteiger partial charge < -0.3 is 10.1 Å². The van der Waals surface area contributed by atoms with Crippen molar-refractivity contribution in [1.82, 2.24) is 5.32 Å². The zero-order chi connectivity index (χ0) is 13.8. The van der Waals surface area contributed by atoms with Gasteiger partial charge >= 0.3 is 0 Å². The molecule has 3 nitrogen and oxygen atoms in total. The molecular weight excluding hydrogens is 233 g/mol. The molecule has 0 aliphatic carbocycles. The van der Waals surface area contributed by atoms with Crippen molar-refractivity contribution in [2.45, 2.75) is 33.3 Å². The van der Waals surface area contributed by atoms with Gasteiger partial charge in [-0.2, -0.15) is 0 Å². The number of benzene rings is 1. The van der Waals surface area contributed by atoms with Crippen molar-refractivity contribution < 1.29 is 13.9 Å². The Hall–Kier alpha value is -1.58. The highest BCUT2D eigenvalue weighted by molar-refractivity contribution is 5.84.